The molecule has 5 nitrogen and oxygen atoms in total. The average Bonchev–Trinajstić information content (AvgIpc) is 3.10. The number of imidazole rings is 1. The van der Waals surface area contributed by atoms with E-state index in [4.69, 9.17) is 0 Å². The largest absolute Gasteiger partial charge is 0.319 e. The van der Waals surface area contributed by atoms with Crippen molar-refractivity contribution in [1.29, 1.82) is 0 Å². The van der Waals surface area contributed by atoms with Crippen molar-refractivity contribution in [3.05, 3.63) is 18.2 Å². The lowest BCUT2D eigenvalue weighted by atomic mass is 10.2. The van der Waals surface area contributed by atoms with Crippen molar-refractivity contribution in [3.8, 4) is 0 Å². The van der Waals surface area contributed by atoms with E-state index in [0.29, 0.717) is 18.4 Å². The van der Waals surface area contributed by atoms with E-state index in [1.165, 1.54) is 18.8 Å². The average molecular weight is 285 g/mol. The van der Waals surface area contributed by atoms with Gasteiger partial charge in [-0.05, 0) is 13.0 Å². The first-order chi connectivity index (χ1) is 9.74. The standard InChI is InChI=1S/C13H21F2N5/c14-13(15)20-4-3-17-12(20)10-18-5-7-19(8-6-18)11-1-2-16-9-11/h3-4,11,13,16H,1-2,5-10H2. The lowest BCUT2D eigenvalue weighted by Crippen LogP contribution is -2.50. The minimum absolute atomic E-state index is 0.455. The Balaban J connectivity index is 1.52. The predicted molar refractivity (Wildman–Crippen MR) is 71.6 cm³/mol. The molecule has 3 rings (SSSR count). The van der Waals surface area contributed by atoms with E-state index in [9.17, 15) is 8.78 Å². The van der Waals surface area contributed by atoms with Crippen molar-refractivity contribution in [3.63, 3.8) is 0 Å². The fourth-order valence-electron chi connectivity index (χ4n) is 3.08. The molecule has 7 heteroatoms. The zero-order valence-electron chi connectivity index (χ0n) is 11.5. The van der Waals surface area contributed by atoms with Crippen LogP contribution in [0.3, 0.4) is 0 Å². The van der Waals surface area contributed by atoms with Crippen LogP contribution in [-0.2, 0) is 6.54 Å². The van der Waals surface area contributed by atoms with Gasteiger partial charge in [-0.25, -0.2) is 4.98 Å². The molecular formula is C13H21F2N5. The molecule has 0 radical (unpaired) electrons. The highest BCUT2D eigenvalue weighted by Gasteiger charge is 2.26. The van der Waals surface area contributed by atoms with E-state index in [2.05, 4.69) is 20.1 Å². The molecular weight excluding hydrogens is 264 g/mol. The van der Waals surface area contributed by atoms with Crippen LogP contribution in [0.1, 0.15) is 18.8 Å². The summed E-state index contributed by atoms with van der Waals surface area (Å²) in [5.74, 6) is 0.455. The normalized spacial score (nSPS) is 25.6. The van der Waals surface area contributed by atoms with Gasteiger partial charge in [0.15, 0.2) is 0 Å². The minimum Gasteiger partial charge on any atom is -0.315 e. The number of nitrogens with zero attached hydrogens (tertiary/aromatic N) is 4. The third kappa shape index (κ3) is 2.99. The SMILES string of the molecule is FC(F)n1ccnc1CN1CCN(C2CCNC2)CC1. The maximum atomic E-state index is 12.8. The number of piperazine rings is 1. The van der Waals surface area contributed by atoms with Gasteiger partial charge in [-0.1, -0.05) is 0 Å². The molecule has 112 valence electrons. The van der Waals surface area contributed by atoms with Gasteiger partial charge in [0, 0.05) is 51.2 Å². The van der Waals surface area contributed by atoms with Crippen LogP contribution in [0.25, 0.3) is 0 Å². The maximum absolute atomic E-state index is 12.8. The Bertz CT molecular complexity index is 422. The lowest BCUT2D eigenvalue weighted by molar-refractivity contribution is 0.0582. The van der Waals surface area contributed by atoms with Crippen LogP contribution in [-0.4, -0.2) is 64.7 Å². The highest BCUT2D eigenvalue weighted by Crippen LogP contribution is 2.16. The number of alkyl halides is 2. The molecule has 1 unspecified atom stereocenters. The van der Waals surface area contributed by atoms with Crippen molar-refractivity contribution in [1.82, 2.24) is 24.7 Å². The second-order valence-corrected chi connectivity index (χ2v) is 5.49. The van der Waals surface area contributed by atoms with E-state index < -0.39 is 6.55 Å². The Morgan fingerprint density at radius 1 is 1.30 bits per heavy atom. The number of hydrogen-bond donors (Lipinski definition) is 1. The van der Waals surface area contributed by atoms with E-state index in [1.807, 2.05) is 0 Å². The second-order valence-electron chi connectivity index (χ2n) is 5.49. The van der Waals surface area contributed by atoms with Crippen LogP contribution >= 0.6 is 0 Å². The quantitative estimate of drug-likeness (QED) is 0.886. The third-order valence-electron chi connectivity index (χ3n) is 4.28. The molecule has 2 saturated heterocycles. The Morgan fingerprint density at radius 2 is 2.10 bits per heavy atom. The topological polar surface area (TPSA) is 36.3 Å². The molecule has 0 spiro atoms. The molecule has 2 fully saturated rings. The molecule has 20 heavy (non-hydrogen) atoms. The summed E-state index contributed by atoms with van der Waals surface area (Å²) in [5.41, 5.74) is 0. The van der Waals surface area contributed by atoms with E-state index in [1.54, 1.807) is 0 Å². The lowest BCUT2D eigenvalue weighted by Gasteiger charge is -2.37. The van der Waals surface area contributed by atoms with Gasteiger partial charge in [-0.3, -0.25) is 14.4 Å². The molecule has 2 aliphatic heterocycles. The van der Waals surface area contributed by atoms with Crippen LogP contribution in [0.5, 0.6) is 0 Å². The van der Waals surface area contributed by atoms with Crippen molar-refractivity contribution in [2.45, 2.75) is 25.6 Å². The molecule has 0 aliphatic carbocycles. The maximum Gasteiger partial charge on any atom is 0.319 e. The van der Waals surface area contributed by atoms with E-state index >= 15 is 0 Å². The van der Waals surface area contributed by atoms with Crippen LogP contribution in [0, 0.1) is 0 Å². The fourth-order valence-corrected chi connectivity index (χ4v) is 3.08. The highest BCUT2D eigenvalue weighted by molar-refractivity contribution is 4.94. The van der Waals surface area contributed by atoms with Gasteiger partial charge in [-0.15, -0.1) is 0 Å². The van der Waals surface area contributed by atoms with Crippen molar-refractivity contribution < 1.29 is 8.78 Å². The summed E-state index contributed by atoms with van der Waals surface area (Å²) in [7, 11) is 0. The van der Waals surface area contributed by atoms with Crippen LogP contribution in [0.4, 0.5) is 8.78 Å². The monoisotopic (exact) mass is 285 g/mol. The molecule has 3 heterocycles. The fraction of sp³-hybridized carbons (Fsp3) is 0.769. The van der Waals surface area contributed by atoms with Gasteiger partial charge in [0.25, 0.3) is 0 Å². The first-order valence-corrected chi connectivity index (χ1v) is 7.21. The van der Waals surface area contributed by atoms with Crippen molar-refractivity contribution in [2.75, 3.05) is 39.3 Å². The van der Waals surface area contributed by atoms with Crippen LogP contribution in [0.2, 0.25) is 0 Å². The van der Waals surface area contributed by atoms with Gasteiger partial charge in [0.05, 0.1) is 6.54 Å². The Morgan fingerprint density at radius 3 is 2.75 bits per heavy atom. The number of hydrogen-bond acceptors (Lipinski definition) is 4. The van der Waals surface area contributed by atoms with E-state index in [0.717, 1.165) is 43.8 Å². The summed E-state index contributed by atoms with van der Waals surface area (Å²) < 4.78 is 26.5. The first-order valence-electron chi connectivity index (χ1n) is 7.21. The zero-order valence-corrected chi connectivity index (χ0v) is 11.5. The zero-order chi connectivity index (χ0) is 13.9. The molecule has 0 saturated carbocycles. The van der Waals surface area contributed by atoms with Crippen molar-refractivity contribution >= 4 is 0 Å². The van der Waals surface area contributed by atoms with Gasteiger partial charge in [0.2, 0.25) is 0 Å². The van der Waals surface area contributed by atoms with Crippen LogP contribution < -0.4 is 5.32 Å². The summed E-state index contributed by atoms with van der Waals surface area (Å²) in [6.07, 6.45) is 4.01. The second kappa shape index (κ2) is 6.15. The molecule has 0 amide bonds. The summed E-state index contributed by atoms with van der Waals surface area (Å²) >= 11 is 0. The van der Waals surface area contributed by atoms with Crippen LogP contribution in [0.15, 0.2) is 12.4 Å². The summed E-state index contributed by atoms with van der Waals surface area (Å²) in [6.45, 7) is 4.07. The van der Waals surface area contributed by atoms with Gasteiger partial charge >= 0.3 is 6.55 Å². The van der Waals surface area contributed by atoms with Gasteiger partial charge in [0.1, 0.15) is 5.82 Å². The summed E-state index contributed by atoms with van der Waals surface area (Å²) in [5, 5.41) is 3.39. The smallest absolute Gasteiger partial charge is 0.315 e. The summed E-state index contributed by atoms with van der Waals surface area (Å²) in [6, 6.07) is 0.653. The van der Waals surface area contributed by atoms with Gasteiger partial charge < -0.3 is 5.32 Å². The molecule has 1 aromatic rings. The number of aromatic nitrogens is 2. The summed E-state index contributed by atoms with van der Waals surface area (Å²) in [4.78, 5) is 8.76. The third-order valence-corrected chi connectivity index (χ3v) is 4.28. The Kier molecular flexibility index (Phi) is 4.28. The molecule has 2 aliphatic rings. The predicted octanol–water partition coefficient (Wildman–Crippen LogP) is 0.758. The van der Waals surface area contributed by atoms with Crippen molar-refractivity contribution in [2.24, 2.45) is 0 Å². The Hall–Kier alpha value is -1.05. The number of rotatable bonds is 4. The molecule has 0 bridgehead atoms. The number of halogens is 2. The van der Waals surface area contributed by atoms with Gasteiger partial charge in [-0.2, -0.15) is 8.78 Å². The molecule has 0 aromatic carbocycles. The molecule has 1 atom stereocenters. The van der Waals surface area contributed by atoms with E-state index in [-0.39, 0.29) is 0 Å². The first kappa shape index (κ1) is 13.9. The highest BCUT2D eigenvalue weighted by atomic mass is 19.3. The molecule has 1 aromatic heterocycles. The Labute approximate surface area is 117 Å². The number of nitrogens with one attached hydrogen (secondary N) is 1. The molecule has 1 N–H and O–H groups in total. The minimum atomic E-state index is -2.50.